The van der Waals surface area contributed by atoms with Crippen molar-refractivity contribution in [3.8, 4) is 5.75 Å². The van der Waals surface area contributed by atoms with Gasteiger partial charge in [0.25, 0.3) is 0 Å². The molecule has 9 heteroatoms. The highest BCUT2D eigenvalue weighted by molar-refractivity contribution is 6.32. The molecule has 0 radical (unpaired) electrons. The second-order valence-electron chi connectivity index (χ2n) is 6.61. The summed E-state index contributed by atoms with van der Waals surface area (Å²) in [5, 5.41) is 15.5. The van der Waals surface area contributed by atoms with Crippen LogP contribution in [-0.4, -0.2) is 53.1 Å². The number of nitrogens with one attached hydrogen (secondary N) is 2. The quantitative estimate of drug-likeness (QED) is 0.396. The van der Waals surface area contributed by atoms with Gasteiger partial charge in [-0.3, -0.25) is 0 Å². The Morgan fingerprint density at radius 3 is 2.93 bits per heavy atom. The molecule has 0 saturated carbocycles. The van der Waals surface area contributed by atoms with E-state index in [1.165, 1.54) is 0 Å². The van der Waals surface area contributed by atoms with E-state index in [1.807, 2.05) is 42.8 Å². The molecule has 0 aliphatic carbocycles. The number of halogens is 1. The maximum absolute atomic E-state index is 6.11. The number of hydrogen-bond donors (Lipinski definition) is 2. The van der Waals surface area contributed by atoms with Crippen molar-refractivity contribution in [3.05, 3.63) is 40.9 Å². The number of para-hydroxylation sites is 1. The van der Waals surface area contributed by atoms with E-state index in [0.717, 1.165) is 37.6 Å². The van der Waals surface area contributed by atoms with Gasteiger partial charge in [0.2, 0.25) is 0 Å². The van der Waals surface area contributed by atoms with Gasteiger partial charge in [-0.1, -0.05) is 23.7 Å². The number of aliphatic imine (C=N–C) groups is 1. The smallest absolute Gasteiger partial charge is 0.191 e. The minimum Gasteiger partial charge on any atom is -0.490 e. The van der Waals surface area contributed by atoms with E-state index in [4.69, 9.17) is 21.1 Å². The van der Waals surface area contributed by atoms with Crippen LogP contribution in [0.3, 0.4) is 0 Å². The summed E-state index contributed by atoms with van der Waals surface area (Å²) in [5.74, 6) is 3.04. The van der Waals surface area contributed by atoms with E-state index in [-0.39, 0.29) is 6.10 Å². The SMILES string of the molecule is Cc1nnc(CN=C(NCCOc2ccccc2Cl)NCC2CCCO2)n1C. The van der Waals surface area contributed by atoms with Crippen molar-refractivity contribution < 1.29 is 9.47 Å². The molecule has 1 saturated heterocycles. The van der Waals surface area contributed by atoms with Crippen LogP contribution in [0.5, 0.6) is 5.75 Å². The van der Waals surface area contributed by atoms with Crippen molar-refractivity contribution in [1.29, 1.82) is 0 Å². The molecule has 1 atom stereocenters. The summed E-state index contributed by atoms with van der Waals surface area (Å²) in [6.45, 7) is 4.95. The summed E-state index contributed by atoms with van der Waals surface area (Å²) >= 11 is 6.11. The lowest BCUT2D eigenvalue weighted by Crippen LogP contribution is -2.42. The molecule has 1 aromatic carbocycles. The molecule has 0 spiro atoms. The number of guanidine groups is 1. The predicted octanol–water partition coefficient (Wildman–Crippen LogP) is 2.07. The van der Waals surface area contributed by atoms with Gasteiger partial charge < -0.3 is 24.7 Å². The molecule has 28 heavy (non-hydrogen) atoms. The minimum absolute atomic E-state index is 0.225. The molecule has 3 rings (SSSR count). The lowest BCUT2D eigenvalue weighted by molar-refractivity contribution is 0.113. The molecular weight excluding hydrogens is 380 g/mol. The Morgan fingerprint density at radius 2 is 2.21 bits per heavy atom. The fraction of sp³-hybridized carbons (Fsp3) is 0.526. The number of nitrogens with zero attached hydrogens (tertiary/aromatic N) is 4. The molecule has 2 heterocycles. The summed E-state index contributed by atoms with van der Waals surface area (Å²) in [7, 11) is 1.94. The summed E-state index contributed by atoms with van der Waals surface area (Å²) in [5.41, 5.74) is 0. The largest absolute Gasteiger partial charge is 0.490 e. The van der Waals surface area contributed by atoms with Gasteiger partial charge >= 0.3 is 0 Å². The van der Waals surface area contributed by atoms with Crippen LogP contribution >= 0.6 is 11.6 Å². The first-order chi connectivity index (χ1) is 13.6. The van der Waals surface area contributed by atoms with Crippen LogP contribution in [0.15, 0.2) is 29.3 Å². The van der Waals surface area contributed by atoms with Crippen molar-refractivity contribution in [1.82, 2.24) is 25.4 Å². The zero-order chi connectivity index (χ0) is 19.8. The van der Waals surface area contributed by atoms with E-state index < -0.39 is 0 Å². The van der Waals surface area contributed by atoms with Gasteiger partial charge in [-0.05, 0) is 31.9 Å². The van der Waals surface area contributed by atoms with Gasteiger partial charge in [0.1, 0.15) is 24.7 Å². The number of hydrogen-bond acceptors (Lipinski definition) is 5. The number of benzene rings is 1. The van der Waals surface area contributed by atoms with Gasteiger partial charge in [-0.25, -0.2) is 4.99 Å². The first-order valence-corrected chi connectivity index (χ1v) is 9.87. The summed E-state index contributed by atoms with van der Waals surface area (Å²) in [6, 6.07) is 7.43. The molecule has 8 nitrogen and oxygen atoms in total. The van der Waals surface area contributed by atoms with Crippen LogP contribution in [0.25, 0.3) is 0 Å². The van der Waals surface area contributed by atoms with Crippen LogP contribution < -0.4 is 15.4 Å². The predicted molar refractivity (Wildman–Crippen MR) is 109 cm³/mol. The molecular formula is C19H27ClN6O2. The highest BCUT2D eigenvalue weighted by atomic mass is 35.5. The summed E-state index contributed by atoms with van der Waals surface area (Å²) in [6.07, 6.45) is 2.40. The second-order valence-corrected chi connectivity index (χ2v) is 7.02. The van der Waals surface area contributed by atoms with Gasteiger partial charge in [0, 0.05) is 20.2 Å². The Bertz CT molecular complexity index is 788. The zero-order valence-corrected chi connectivity index (χ0v) is 17.1. The molecule has 0 amide bonds. The highest BCUT2D eigenvalue weighted by Gasteiger charge is 2.15. The number of aryl methyl sites for hydroxylation is 1. The fourth-order valence-electron chi connectivity index (χ4n) is 2.82. The first kappa shape index (κ1) is 20.4. The van der Waals surface area contributed by atoms with Gasteiger partial charge in [-0.15, -0.1) is 10.2 Å². The average Bonchev–Trinajstić information content (AvgIpc) is 3.33. The van der Waals surface area contributed by atoms with Gasteiger partial charge in [-0.2, -0.15) is 0 Å². The number of aromatic nitrogens is 3. The molecule has 1 aromatic heterocycles. The third kappa shape index (κ3) is 5.84. The minimum atomic E-state index is 0.225. The summed E-state index contributed by atoms with van der Waals surface area (Å²) in [4.78, 5) is 4.63. The van der Waals surface area contributed by atoms with Gasteiger partial charge in [0.15, 0.2) is 11.8 Å². The van der Waals surface area contributed by atoms with E-state index in [9.17, 15) is 0 Å². The van der Waals surface area contributed by atoms with Crippen molar-refractivity contribution in [2.45, 2.75) is 32.4 Å². The van der Waals surface area contributed by atoms with Crippen LogP contribution in [0.2, 0.25) is 5.02 Å². The Balaban J connectivity index is 1.53. The van der Waals surface area contributed by atoms with E-state index in [1.54, 1.807) is 0 Å². The van der Waals surface area contributed by atoms with Gasteiger partial charge in [0.05, 0.1) is 17.7 Å². The topological polar surface area (TPSA) is 85.6 Å². The van der Waals surface area contributed by atoms with Crippen LogP contribution in [0.4, 0.5) is 0 Å². The monoisotopic (exact) mass is 406 g/mol. The molecule has 2 aromatic rings. The van der Waals surface area contributed by atoms with E-state index in [0.29, 0.717) is 36.4 Å². The molecule has 1 unspecified atom stereocenters. The molecule has 1 fully saturated rings. The maximum atomic E-state index is 6.11. The van der Waals surface area contributed by atoms with E-state index >= 15 is 0 Å². The normalized spacial score (nSPS) is 17.0. The Labute approximate surface area is 170 Å². The highest BCUT2D eigenvalue weighted by Crippen LogP contribution is 2.22. The lowest BCUT2D eigenvalue weighted by atomic mass is 10.2. The van der Waals surface area contributed by atoms with Crippen molar-refractivity contribution in [2.75, 3.05) is 26.3 Å². The number of rotatable bonds is 8. The molecule has 0 bridgehead atoms. The second kappa shape index (κ2) is 10.3. The number of ether oxygens (including phenoxy) is 2. The molecule has 2 N–H and O–H groups in total. The standard InChI is InChI=1S/C19H27ClN6O2/c1-14-24-25-18(26(14)2)13-23-19(22-12-15-6-5-10-27-15)21-9-11-28-17-8-4-3-7-16(17)20/h3-4,7-8,15H,5-6,9-13H2,1-2H3,(H2,21,22,23). The fourth-order valence-corrected chi connectivity index (χ4v) is 3.01. The first-order valence-electron chi connectivity index (χ1n) is 9.49. The van der Waals surface area contributed by atoms with Crippen molar-refractivity contribution in [2.24, 2.45) is 12.0 Å². The van der Waals surface area contributed by atoms with E-state index in [2.05, 4.69) is 25.8 Å². The Morgan fingerprint density at radius 1 is 1.36 bits per heavy atom. The Kier molecular flexibility index (Phi) is 7.50. The average molecular weight is 407 g/mol. The third-order valence-corrected chi connectivity index (χ3v) is 4.88. The van der Waals surface area contributed by atoms with Crippen molar-refractivity contribution >= 4 is 17.6 Å². The van der Waals surface area contributed by atoms with Crippen molar-refractivity contribution in [3.63, 3.8) is 0 Å². The third-order valence-electron chi connectivity index (χ3n) is 4.57. The molecule has 152 valence electrons. The lowest BCUT2D eigenvalue weighted by Gasteiger charge is -2.16. The Hall–Kier alpha value is -2.32. The van der Waals surface area contributed by atoms with Crippen LogP contribution in [-0.2, 0) is 18.3 Å². The maximum Gasteiger partial charge on any atom is 0.191 e. The molecule has 1 aliphatic heterocycles. The summed E-state index contributed by atoms with van der Waals surface area (Å²) < 4.78 is 13.3. The van der Waals surface area contributed by atoms with Crippen LogP contribution in [0.1, 0.15) is 24.5 Å². The zero-order valence-electron chi connectivity index (χ0n) is 16.3. The van der Waals surface area contributed by atoms with Crippen LogP contribution in [0, 0.1) is 6.92 Å². The molecule has 1 aliphatic rings.